The van der Waals surface area contributed by atoms with Gasteiger partial charge in [-0.3, -0.25) is 0 Å². The van der Waals surface area contributed by atoms with E-state index in [1.54, 1.807) is 7.11 Å². The number of aryl methyl sites for hydroxylation is 1. The number of ether oxygens (including phenoxy) is 1. The summed E-state index contributed by atoms with van der Waals surface area (Å²) in [7, 11) is 1.69. The molecule has 0 radical (unpaired) electrons. The van der Waals surface area contributed by atoms with Crippen LogP contribution in [0.25, 0.3) is 0 Å². The molecule has 1 aromatic carbocycles. The number of nitrogens with one attached hydrogen (secondary N) is 1. The number of rotatable bonds is 6. The highest BCUT2D eigenvalue weighted by Gasteiger charge is 2.21. The molecule has 17 heavy (non-hydrogen) atoms. The van der Waals surface area contributed by atoms with Crippen LogP contribution in [-0.4, -0.2) is 25.8 Å². The summed E-state index contributed by atoms with van der Waals surface area (Å²) in [4.78, 5) is 0. The summed E-state index contributed by atoms with van der Waals surface area (Å²) >= 11 is 6.09. The summed E-state index contributed by atoms with van der Waals surface area (Å²) in [5.41, 5.74) is 7.70. The van der Waals surface area contributed by atoms with Gasteiger partial charge in [-0.1, -0.05) is 17.7 Å². The molecule has 1 unspecified atom stereocenters. The predicted octanol–water partition coefficient (Wildman–Crippen LogP) is 2.81. The van der Waals surface area contributed by atoms with Crippen molar-refractivity contribution in [1.29, 1.82) is 0 Å². The minimum Gasteiger partial charge on any atom is -0.385 e. The van der Waals surface area contributed by atoms with E-state index in [9.17, 15) is 0 Å². The molecule has 0 aliphatic carbocycles. The molecule has 0 aromatic heterocycles. The maximum Gasteiger partial charge on any atom is 0.0489 e. The summed E-state index contributed by atoms with van der Waals surface area (Å²) < 4.78 is 5.10. The van der Waals surface area contributed by atoms with Crippen molar-refractivity contribution in [2.24, 2.45) is 5.73 Å². The second-order valence-corrected chi connectivity index (χ2v) is 5.00. The van der Waals surface area contributed by atoms with Crippen LogP contribution < -0.4 is 11.1 Å². The molecule has 0 fully saturated rings. The fourth-order valence-electron chi connectivity index (χ4n) is 1.56. The zero-order valence-electron chi connectivity index (χ0n) is 10.7. The van der Waals surface area contributed by atoms with Crippen LogP contribution >= 0.6 is 11.6 Å². The van der Waals surface area contributed by atoms with Crippen molar-refractivity contribution < 1.29 is 4.74 Å². The first-order chi connectivity index (χ1) is 8.00. The van der Waals surface area contributed by atoms with E-state index in [1.165, 1.54) is 0 Å². The molecule has 0 amide bonds. The zero-order chi connectivity index (χ0) is 12.9. The van der Waals surface area contributed by atoms with Crippen molar-refractivity contribution in [3.05, 3.63) is 28.8 Å². The minimum atomic E-state index is -0.172. The zero-order valence-corrected chi connectivity index (χ0v) is 11.5. The Kier molecular flexibility index (Phi) is 5.25. The van der Waals surface area contributed by atoms with Crippen LogP contribution in [0.4, 0.5) is 5.69 Å². The number of halogens is 1. The van der Waals surface area contributed by atoms with Gasteiger partial charge in [-0.25, -0.2) is 0 Å². The third kappa shape index (κ3) is 4.19. The third-order valence-electron chi connectivity index (χ3n) is 2.93. The first-order valence-corrected chi connectivity index (χ1v) is 6.12. The molecule has 1 rings (SSSR count). The van der Waals surface area contributed by atoms with Crippen molar-refractivity contribution in [2.75, 3.05) is 25.6 Å². The fourth-order valence-corrected chi connectivity index (χ4v) is 1.74. The second-order valence-electron chi connectivity index (χ2n) is 4.60. The number of hydrogen-bond donors (Lipinski definition) is 2. The highest BCUT2D eigenvalue weighted by molar-refractivity contribution is 6.31. The van der Waals surface area contributed by atoms with Gasteiger partial charge in [0.15, 0.2) is 0 Å². The molecule has 1 atom stereocenters. The van der Waals surface area contributed by atoms with Crippen LogP contribution in [0.3, 0.4) is 0 Å². The van der Waals surface area contributed by atoms with E-state index in [4.69, 9.17) is 22.1 Å². The van der Waals surface area contributed by atoms with Gasteiger partial charge in [-0.15, -0.1) is 0 Å². The van der Waals surface area contributed by atoms with Crippen molar-refractivity contribution in [3.8, 4) is 0 Å². The van der Waals surface area contributed by atoms with E-state index in [0.29, 0.717) is 13.2 Å². The van der Waals surface area contributed by atoms with Crippen LogP contribution in [0.2, 0.25) is 5.02 Å². The van der Waals surface area contributed by atoms with E-state index in [1.807, 2.05) is 25.1 Å². The maximum absolute atomic E-state index is 6.09. The van der Waals surface area contributed by atoms with Crippen molar-refractivity contribution in [2.45, 2.75) is 25.8 Å². The topological polar surface area (TPSA) is 47.3 Å². The molecule has 0 bridgehead atoms. The van der Waals surface area contributed by atoms with E-state index in [2.05, 4.69) is 12.2 Å². The summed E-state index contributed by atoms with van der Waals surface area (Å²) in [5, 5.41) is 4.18. The Morgan fingerprint density at radius 1 is 1.47 bits per heavy atom. The third-order valence-corrected chi connectivity index (χ3v) is 3.33. The first-order valence-electron chi connectivity index (χ1n) is 5.74. The molecule has 96 valence electrons. The first kappa shape index (κ1) is 14.3. The van der Waals surface area contributed by atoms with Gasteiger partial charge in [-0.05, 0) is 38.0 Å². The molecule has 0 aliphatic rings. The van der Waals surface area contributed by atoms with Crippen LogP contribution in [0.5, 0.6) is 0 Å². The molecule has 0 saturated heterocycles. The fraction of sp³-hybridized carbons (Fsp3) is 0.538. The van der Waals surface area contributed by atoms with Crippen LogP contribution in [0, 0.1) is 6.92 Å². The van der Waals surface area contributed by atoms with Crippen LogP contribution in [0.15, 0.2) is 18.2 Å². The summed E-state index contributed by atoms with van der Waals surface area (Å²) in [6.07, 6.45) is 0.853. The number of hydrogen-bond acceptors (Lipinski definition) is 3. The van der Waals surface area contributed by atoms with Crippen molar-refractivity contribution in [3.63, 3.8) is 0 Å². The maximum atomic E-state index is 6.09. The van der Waals surface area contributed by atoms with E-state index >= 15 is 0 Å². The smallest absolute Gasteiger partial charge is 0.0489 e. The second kappa shape index (κ2) is 6.24. The SMILES string of the molecule is COCCC(C)(CN)Nc1ccc(C)c(Cl)c1. The van der Waals surface area contributed by atoms with Crippen molar-refractivity contribution in [1.82, 2.24) is 0 Å². The lowest BCUT2D eigenvalue weighted by atomic mass is 9.98. The number of anilines is 1. The summed E-state index contributed by atoms with van der Waals surface area (Å²) in [5.74, 6) is 0. The number of benzene rings is 1. The Labute approximate surface area is 108 Å². The standard InChI is InChI=1S/C13H21ClN2O/c1-10-4-5-11(8-12(10)14)16-13(2,9-15)6-7-17-3/h4-5,8,16H,6-7,9,15H2,1-3H3. The number of methoxy groups -OCH3 is 1. The van der Waals surface area contributed by atoms with Crippen LogP contribution in [0.1, 0.15) is 18.9 Å². The Hall–Kier alpha value is -0.770. The molecule has 1 aromatic rings. The highest BCUT2D eigenvalue weighted by Crippen LogP contribution is 2.23. The quantitative estimate of drug-likeness (QED) is 0.823. The van der Waals surface area contributed by atoms with Gasteiger partial charge in [-0.2, -0.15) is 0 Å². The summed E-state index contributed by atoms with van der Waals surface area (Å²) in [6, 6.07) is 5.94. The molecule has 4 heteroatoms. The Balaban J connectivity index is 2.76. The van der Waals surface area contributed by atoms with Gasteiger partial charge in [0.2, 0.25) is 0 Å². The Morgan fingerprint density at radius 3 is 2.71 bits per heavy atom. The molecule has 3 nitrogen and oxygen atoms in total. The Morgan fingerprint density at radius 2 is 2.18 bits per heavy atom. The summed E-state index contributed by atoms with van der Waals surface area (Å²) in [6.45, 7) is 5.29. The van der Waals surface area contributed by atoms with Gasteiger partial charge in [0.1, 0.15) is 0 Å². The molecule has 0 aliphatic heterocycles. The van der Waals surface area contributed by atoms with E-state index in [-0.39, 0.29) is 5.54 Å². The van der Waals surface area contributed by atoms with E-state index < -0.39 is 0 Å². The molecule has 3 N–H and O–H groups in total. The van der Waals surface area contributed by atoms with Gasteiger partial charge < -0.3 is 15.8 Å². The highest BCUT2D eigenvalue weighted by atomic mass is 35.5. The van der Waals surface area contributed by atoms with Gasteiger partial charge in [0.25, 0.3) is 0 Å². The number of nitrogens with two attached hydrogens (primary N) is 1. The average molecular weight is 257 g/mol. The Bertz CT molecular complexity index is 370. The molecular weight excluding hydrogens is 236 g/mol. The largest absolute Gasteiger partial charge is 0.385 e. The van der Waals surface area contributed by atoms with Crippen molar-refractivity contribution >= 4 is 17.3 Å². The lowest BCUT2D eigenvalue weighted by molar-refractivity contribution is 0.177. The minimum absolute atomic E-state index is 0.172. The lowest BCUT2D eigenvalue weighted by Crippen LogP contribution is -2.43. The van der Waals surface area contributed by atoms with Gasteiger partial charge in [0.05, 0.1) is 0 Å². The molecular formula is C13H21ClN2O. The van der Waals surface area contributed by atoms with Crippen LogP contribution in [-0.2, 0) is 4.74 Å². The lowest BCUT2D eigenvalue weighted by Gasteiger charge is -2.30. The average Bonchev–Trinajstić information content (AvgIpc) is 2.31. The van der Waals surface area contributed by atoms with Gasteiger partial charge in [0, 0.05) is 36.5 Å². The monoisotopic (exact) mass is 256 g/mol. The molecule has 0 spiro atoms. The normalized spacial score (nSPS) is 14.4. The molecule has 0 saturated carbocycles. The van der Waals surface area contributed by atoms with Gasteiger partial charge >= 0.3 is 0 Å². The van der Waals surface area contributed by atoms with E-state index in [0.717, 1.165) is 22.7 Å². The molecule has 0 heterocycles. The predicted molar refractivity (Wildman–Crippen MR) is 73.8 cm³/mol.